The molecule has 1 rings (SSSR count). The molecule has 0 aliphatic rings. The molecule has 2 nitrogen and oxygen atoms in total. The quantitative estimate of drug-likeness (QED) is 0.803. The lowest BCUT2D eigenvalue weighted by molar-refractivity contribution is -0.121. The van der Waals surface area contributed by atoms with Gasteiger partial charge in [-0.15, -0.1) is 0 Å². The molecule has 18 heavy (non-hydrogen) atoms. The third-order valence-electron chi connectivity index (χ3n) is 3.06. The van der Waals surface area contributed by atoms with Crippen molar-refractivity contribution in [2.24, 2.45) is 0 Å². The van der Waals surface area contributed by atoms with Gasteiger partial charge in [0.1, 0.15) is 5.78 Å². The van der Waals surface area contributed by atoms with Crippen LogP contribution in [-0.4, -0.2) is 17.0 Å². The number of carbonyl (C=O) groups is 1. The van der Waals surface area contributed by atoms with Crippen molar-refractivity contribution < 1.29 is 9.90 Å². The van der Waals surface area contributed by atoms with Gasteiger partial charge in [-0.25, -0.2) is 0 Å². The summed E-state index contributed by atoms with van der Waals surface area (Å²) < 4.78 is 0. The average Bonchev–Trinajstić information content (AvgIpc) is 2.25. The second kappa shape index (κ2) is 7.32. The van der Waals surface area contributed by atoms with E-state index in [9.17, 15) is 9.90 Å². The van der Waals surface area contributed by atoms with E-state index in [1.807, 2.05) is 6.92 Å². The van der Waals surface area contributed by atoms with Gasteiger partial charge < -0.3 is 5.11 Å². The molecule has 0 spiro atoms. The minimum Gasteiger partial charge on any atom is -0.393 e. The fourth-order valence-electron chi connectivity index (χ4n) is 2.30. The Bertz CT molecular complexity index is 376. The lowest BCUT2D eigenvalue weighted by atomic mass is 10.00. The fourth-order valence-corrected chi connectivity index (χ4v) is 2.30. The van der Waals surface area contributed by atoms with E-state index in [4.69, 9.17) is 0 Å². The maximum absolute atomic E-state index is 11.7. The number of hydrogen-bond donors (Lipinski definition) is 1. The van der Waals surface area contributed by atoms with E-state index in [1.54, 1.807) is 0 Å². The van der Waals surface area contributed by atoms with Crippen LogP contribution in [0.15, 0.2) is 18.2 Å². The summed E-state index contributed by atoms with van der Waals surface area (Å²) in [6.45, 7) is 6.16. The molecule has 0 saturated carbocycles. The van der Waals surface area contributed by atoms with Crippen LogP contribution in [0.1, 0.15) is 49.3 Å². The third-order valence-corrected chi connectivity index (χ3v) is 3.06. The average molecular weight is 248 g/mol. The monoisotopic (exact) mass is 248 g/mol. The number of Topliss-reactive ketones (excluding diaryl/α,β-unsaturated/α-hetero) is 1. The minimum absolute atomic E-state index is 0.162. The molecule has 0 aliphatic carbocycles. The Kier molecular flexibility index (Phi) is 6.06. The van der Waals surface area contributed by atoms with Gasteiger partial charge in [-0.2, -0.15) is 0 Å². The second-order valence-corrected chi connectivity index (χ2v) is 5.18. The minimum atomic E-state index is -0.457. The molecule has 0 bridgehead atoms. The SMILES string of the molecule is CCCC(O)CC(=O)CCc1cc(C)cc(C)c1. The van der Waals surface area contributed by atoms with Crippen LogP contribution in [-0.2, 0) is 11.2 Å². The van der Waals surface area contributed by atoms with Gasteiger partial charge in [0, 0.05) is 12.8 Å². The van der Waals surface area contributed by atoms with Crippen molar-refractivity contribution in [3.05, 3.63) is 34.9 Å². The highest BCUT2D eigenvalue weighted by Gasteiger charge is 2.10. The molecule has 0 aromatic heterocycles. The molecule has 0 heterocycles. The number of ketones is 1. The topological polar surface area (TPSA) is 37.3 Å². The molecule has 0 fully saturated rings. The summed E-state index contributed by atoms with van der Waals surface area (Å²) in [5.41, 5.74) is 3.69. The van der Waals surface area contributed by atoms with Crippen LogP contribution in [0.3, 0.4) is 0 Å². The van der Waals surface area contributed by atoms with Gasteiger partial charge in [0.25, 0.3) is 0 Å². The largest absolute Gasteiger partial charge is 0.393 e. The number of carbonyl (C=O) groups excluding carboxylic acids is 1. The lowest BCUT2D eigenvalue weighted by Gasteiger charge is -2.08. The lowest BCUT2D eigenvalue weighted by Crippen LogP contribution is -2.13. The van der Waals surface area contributed by atoms with Crippen LogP contribution in [0, 0.1) is 13.8 Å². The van der Waals surface area contributed by atoms with Gasteiger partial charge in [-0.3, -0.25) is 4.79 Å². The number of hydrogen-bond acceptors (Lipinski definition) is 2. The maximum atomic E-state index is 11.7. The smallest absolute Gasteiger partial charge is 0.135 e. The van der Waals surface area contributed by atoms with Crippen molar-refractivity contribution in [1.29, 1.82) is 0 Å². The van der Waals surface area contributed by atoms with Gasteiger partial charge in [0.05, 0.1) is 6.10 Å². The summed E-state index contributed by atoms with van der Waals surface area (Å²) in [6, 6.07) is 6.39. The number of aliphatic hydroxyl groups is 1. The molecule has 1 unspecified atom stereocenters. The van der Waals surface area contributed by atoms with E-state index < -0.39 is 6.10 Å². The zero-order valence-corrected chi connectivity index (χ0v) is 11.7. The molecular weight excluding hydrogens is 224 g/mol. The van der Waals surface area contributed by atoms with E-state index in [0.29, 0.717) is 12.8 Å². The first kappa shape index (κ1) is 14.9. The third kappa shape index (κ3) is 5.46. The first-order valence-electron chi connectivity index (χ1n) is 6.78. The van der Waals surface area contributed by atoms with Crippen molar-refractivity contribution >= 4 is 5.78 Å². The van der Waals surface area contributed by atoms with Crippen molar-refractivity contribution in [3.63, 3.8) is 0 Å². The van der Waals surface area contributed by atoms with Crippen molar-refractivity contribution in [3.8, 4) is 0 Å². The predicted molar refractivity (Wildman–Crippen MR) is 74.8 cm³/mol. The standard InChI is InChI=1S/C16H24O2/c1-4-5-15(17)11-16(18)7-6-14-9-12(2)8-13(3)10-14/h8-10,15,17H,4-7,11H2,1-3H3. The van der Waals surface area contributed by atoms with Crippen LogP contribution < -0.4 is 0 Å². The fraction of sp³-hybridized carbons (Fsp3) is 0.562. The molecule has 1 aromatic carbocycles. The van der Waals surface area contributed by atoms with E-state index in [0.717, 1.165) is 19.3 Å². The van der Waals surface area contributed by atoms with Crippen LogP contribution >= 0.6 is 0 Å². The Labute approximate surface area is 110 Å². The summed E-state index contributed by atoms with van der Waals surface area (Å²) >= 11 is 0. The Morgan fingerprint density at radius 1 is 1.22 bits per heavy atom. The summed E-state index contributed by atoms with van der Waals surface area (Å²) in [7, 11) is 0. The first-order valence-corrected chi connectivity index (χ1v) is 6.78. The van der Waals surface area contributed by atoms with Gasteiger partial charge in [-0.1, -0.05) is 42.7 Å². The van der Waals surface area contributed by atoms with Crippen molar-refractivity contribution in [1.82, 2.24) is 0 Å². The van der Waals surface area contributed by atoms with E-state index >= 15 is 0 Å². The Balaban J connectivity index is 2.42. The highest BCUT2D eigenvalue weighted by Crippen LogP contribution is 2.12. The molecule has 2 heteroatoms. The Hall–Kier alpha value is -1.15. The number of aryl methyl sites for hydroxylation is 3. The molecular formula is C16H24O2. The number of benzene rings is 1. The van der Waals surface area contributed by atoms with E-state index in [-0.39, 0.29) is 5.78 Å². The highest BCUT2D eigenvalue weighted by molar-refractivity contribution is 5.79. The number of aliphatic hydroxyl groups excluding tert-OH is 1. The zero-order chi connectivity index (χ0) is 13.5. The summed E-state index contributed by atoms with van der Waals surface area (Å²) in [5, 5.41) is 9.58. The molecule has 0 radical (unpaired) electrons. The molecule has 0 amide bonds. The van der Waals surface area contributed by atoms with Gasteiger partial charge in [0.2, 0.25) is 0 Å². The second-order valence-electron chi connectivity index (χ2n) is 5.18. The Morgan fingerprint density at radius 2 is 1.83 bits per heavy atom. The maximum Gasteiger partial charge on any atom is 0.135 e. The molecule has 1 aromatic rings. The van der Waals surface area contributed by atoms with Gasteiger partial charge >= 0.3 is 0 Å². The van der Waals surface area contributed by atoms with Crippen LogP contribution in [0.2, 0.25) is 0 Å². The summed E-state index contributed by atoms with van der Waals surface area (Å²) in [6.07, 6.45) is 2.80. The van der Waals surface area contributed by atoms with Gasteiger partial charge in [0.15, 0.2) is 0 Å². The van der Waals surface area contributed by atoms with Crippen LogP contribution in [0.4, 0.5) is 0 Å². The van der Waals surface area contributed by atoms with E-state index in [2.05, 4.69) is 32.0 Å². The van der Waals surface area contributed by atoms with Crippen molar-refractivity contribution in [2.75, 3.05) is 0 Å². The van der Waals surface area contributed by atoms with Gasteiger partial charge in [-0.05, 0) is 32.3 Å². The Morgan fingerprint density at radius 3 is 2.39 bits per heavy atom. The van der Waals surface area contributed by atoms with Crippen molar-refractivity contribution in [2.45, 2.75) is 59.0 Å². The van der Waals surface area contributed by atoms with Crippen LogP contribution in [0.25, 0.3) is 0 Å². The predicted octanol–water partition coefficient (Wildman–Crippen LogP) is 3.36. The first-order chi connectivity index (χ1) is 8.51. The molecule has 1 N–H and O–H groups in total. The summed E-state index contributed by atoms with van der Waals surface area (Å²) in [5.74, 6) is 0.162. The zero-order valence-electron chi connectivity index (χ0n) is 11.7. The normalized spacial score (nSPS) is 12.4. The molecule has 1 atom stereocenters. The highest BCUT2D eigenvalue weighted by atomic mass is 16.3. The molecule has 0 aliphatic heterocycles. The molecule has 0 saturated heterocycles. The number of rotatable bonds is 7. The molecule has 100 valence electrons. The van der Waals surface area contributed by atoms with E-state index in [1.165, 1.54) is 16.7 Å². The summed E-state index contributed by atoms with van der Waals surface area (Å²) in [4.78, 5) is 11.7. The van der Waals surface area contributed by atoms with Crippen LogP contribution in [0.5, 0.6) is 0 Å².